The third kappa shape index (κ3) is 4.08. The molecule has 0 bridgehead atoms. The van der Waals surface area contributed by atoms with Gasteiger partial charge >= 0.3 is 5.97 Å². The number of amides is 1. The van der Waals surface area contributed by atoms with Crippen LogP contribution in [-0.2, 0) is 21.0 Å². The van der Waals surface area contributed by atoms with E-state index >= 15 is 0 Å². The normalized spacial score (nSPS) is 11.0. The maximum absolute atomic E-state index is 11.2. The highest BCUT2D eigenvalue weighted by atomic mass is 32.1. The largest absolute Gasteiger partial charge is 0.476 e. The summed E-state index contributed by atoms with van der Waals surface area (Å²) in [6, 6.07) is 3.45. The summed E-state index contributed by atoms with van der Waals surface area (Å²) < 4.78 is 0. The molecule has 2 aromatic heterocycles. The third-order valence-corrected chi connectivity index (χ3v) is 3.04. The van der Waals surface area contributed by atoms with Gasteiger partial charge in [-0.3, -0.25) is 9.78 Å². The molecule has 0 unspecified atom stereocenters. The summed E-state index contributed by atoms with van der Waals surface area (Å²) in [5, 5.41) is 16.8. The van der Waals surface area contributed by atoms with Crippen LogP contribution in [0.4, 0.5) is 5.13 Å². The maximum Gasteiger partial charge on any atom is 0.360 e. The Hall–Kier alpha value is -2.81. The van der Waals surface area contributed by atoms with E-state index in [2.05, 4.69) is 20.4 Å². The number of hydrogen-bond acceptors (Lipinski definition) is 7. The van der Waals surface area contributed by atoms with Crippen LogP contribution in [-0.4, -0.2) is 33.2 Å². The van der Waals surface area contributed by atoms with E-state index < -0.39 is 5.97 Å². The number of aromatic nitrogens is 2. The zero-order chi connectivity index (χ0) is 15.1. The van der Waals surface area contributed by atoms with Gasteiger partial charge in [-0.2, -0.15) is 0 Å². The van der Waals surface area contributed by atoms with Crippen LogP contribution in [0.15, 0.2) is 35.1 Å². The van der Waals surface area contributed by atoms with Gasteiger partial charge in [0.25, 0.3) is 0 Å². The van der Waals surface area contributed by atoms with Gasteiger partial charge in [0.05, 0.1) is 0 Å². The molecule has 0 spiro atoms. The molecule has 8 nitrogen and oxygen atoms in total. The number of nitrogens with one attached hydrogen (secondary N) is 1. The fraction of sp³-hybridized carbons (Fsp3) is 0.0833. The Bertz CT molecular complexity index is 656. The Morgan fingerprint density at radius 3 is 2.90 bits per heavy atom. The van der Waals surface area contributed by atoms with E-state index in [0.29, 0.717) is 6.41 Å². The van der Waals surface area contributed by atoms with Crippen molar-refractivity contribution in [3.05, 3.63) is 41.2 Å². The minimum absolute atomic E-state index is 0.114. The van der Waals surface area contributed by atoms with Gasteiger partial charge in [0.2, 0.25) is 12.1 Å². The van der Waals surface area contributed by atoms with E-state index in [-0.39, 0.29) is 23.1 Å². The zero-order valence-electron chi connectivity index (χ0n) is 10.6. The van der Waals surface area contributed by atoms with Gasteiger partial charge in [-0.25, -0.2) is 9.78 Å². The minimum Gasteiger partial charge on any atom is -0.476 e. The van der Waals surface area contributed by atoms with Crippen molar-refractivity contribution in [2.75, 3.05) is 5.32 Å². The summed E-state index contributed by atoms with van der Waals surface area (Å²) in [4.78, 5) is 34.3. The molecule has 0 aliphatic heterocycles. The molecule has 2 N–H and O–H groups in total. The number of anilines is 1. The average Bonchev–Trinajstić information content (AvgIpc) is 2.93. The summed E-state index contributed by atoms with van der Waals surface area (Å²) in [7, 11) is 0. The average molecular weight is 306 g/mol. The molecule has 0 saturated carbocycles. The predicted octanol–water partition coefficient (Wildman–Crippen LogP) is 1.11. The Balaban J connectivity index is 2.08. The lowest BCUT2D eigenvalue weighted by molar-refractivity contribution is -0.129. The maximum atomic E-state index is 11.2. The van der Waals surface area contributed by atoms with E-state index in [0.717, 1.165) is 16.9 Å². The molecule has 1 amide bonds. The lowest BCUT2D eigenvalue weighted by Crippen LogP contribution is -2.15. The number of hydrogen-bond donors (Lipinski definition) is 2. The van der Waals surface area contributed by atoms with E-state index in [9.17, 15) is 9.59 Å². The summed E-state index contributed by atoms with van der Waals surface area (Å²) in [5.74, 6) is -1.27. The molecule has 2 heterocycles. The first kappa shape index (κ1) is 14.6. The number of rotatable bonds is 7. The highest BCUT2D eigenvalue weighted by molar-refractivity contribution is 7.14. The second kappa shape index (κ2) is 7.10. The van der Waals surface area contributed by atoms with Gasteiger partial charge in [-0.05, 0) is 17.7 Å². The molecule has 0 radical (unpaired) electrons. The quantitative estimate of drug-likeness (QED) is 0.450. The Morgan fingerprint density at radius 2 is 2.24 bits per heavy atom. The number of carboxylic acid groups (broad SMARTS) is 1. The Morgan fingerprint density at radius 1 is 1.48 bits per heavy atom. The van der Waals surface area contributed by atoms with Gasteiger partial charge in [0.15, 0.2) is 5.13 Å². The van der Waals surface area contributed by atoms with Gasteiger partial charge in [-0.1, -0.05) is 5.16 Å². The monoisotopic (exact) mass is 306 g/mol. The fourth-order valence-electron chi connectivity index (χ4n) is 1.34. The topological polar surface area (TPSA) is 114 Å². The molecule has 2 rings (SSSR count). The van der Waals surface area contributed by atoms with Crippen molar-refractivity contribution >= 4 is 34.6 Å². The molecule has 0 aliphatic rings. The van der Waals surface area contributed by atoms with Crippen LogP contribution < -0.4 is 5.32 Å². The number of carboxylic acids is 1. The van der Waals surface area contributed by atoms with Crippen molar-refractivity contribution in [2.24, 2.45) is 5.16 Å². The molecule has 0 fully saturated rings. The number of carbonyl (C=O) groups is 2. The summed E-state index contributed by atoms with van der Waals surface area (Å²) in [5.41, 5.74) is 0.589. The Labute approximate surface area is 123 Å². The number of aliphatic carboxylic acids is 1. The summed E-state index contributed by atoms with van der Waals surface area (Å²) in [6.07, 6.45) is 3.65. The molecule has 21 heavy (non-hydrogen) atoms. The second-order valence-corrected chi connectivity index (χ2v) is 4.53. The number of thiazole rings is 1. The van der Waals surface area contributed by atoms with Crippen molar-refractivity contribution in [1.82, 2.24) is 9.97 Å². The highest BCUT2D eigenvalue weighted by Gasteiger charge is 2.17. The van der Waals surface area contributed by atoms with Crippen LogP contribution in [0.5, 0.6) is 0 Å². The van der Waals surface area contributed by atoms with E-state index in [1.54, 1.807) is 24.5 Å². The summed E-state index contributed by atoms with van der Waals surface area (Å²) in [6.45, 7) is 0.114. The van der Waals surface area contributed by atoms with Gasteiger partial charge in [-0.15, -0.1) is 11.3 Å². The van der Waals surface area contributed by atoms with Crippen LogP contribution in [0, 0.1) is 0 Å². The van der Waals surface area contributed by atoms with Crippen LogP contribution in [0.25, 0.3) is 0 Å². The molecular formula is C12H10N4O4S. The number of pyridine rings is 1. The van der Waals surface area contributed by atoms with Crippen LogP contribution >= 0.6 is 11.3 Å². The zero-order valence-corrected chi connectivity index (χ0v) is 11.4. The molecule has 9 heteroatoms. The first-order valence-corrected chi connectivity index (χ1v) is 6.57. The molecule has 0 aliphatic carbocycles. The van der Waals surface area contributed by atoms with Gasteiger partial charge in [0.1, 0.15) is 12.3 Å². The molecular weight excluding hydrogens is 296 g/mol. The third-order valence-electron chi connectivity index (χ3n) is 2.27. The standard InChI is InChI=1S/C12H10N4O4S/c17-7-14-12-15-9(6-21-12)10(11(18)19)16-20-5-8-1-3-13-4-2-8/h1-4,6-7H,5H2,(H,18,19)(H,14,15,17)/b16-10+. The van der Waals surface area contributed by atoms with E-state index in [1.807, 2.05) is 0 Å². The minimum atomic E-state index is -1.27. The van der Waals surface area contributed by atoms with Crippen LogP contribution in [0.2, 0.25) is 0 Å². The lowest BCUT2D eigenvalue weighted by atomic mass is 10.3. The van der Waals surface area contributed by atoms with Crippen LogP contribution in [0.1, 0.15) is 11.3 Å². The molecule has 2 aromatic rings. The summed E-state index contributed by atoms with van der Waals surface area (Å²) >= 11 is 1.09. The number of carbonyl (C=O) groups excluding carboxylic acids is 1. The van der Waals surface area contributed by atoms with E-state index in [1.165, 1.54) is 5.38 Å². The van der Waals surface area contributed by atoms with Crippen molar-refractivity contribution in [1.29, 1.82) is 0 Å². The number of oxime groups is 1. The van der Waals surface area contributed by atoms with Crippen molar-refractivity contribution in [3.8, 4) is 0 Å². The number of nitrogens with zero attached hydrogens (tertiary/aromatic N) is 3. The predicted molar refractivity (Wildman–Crippen MR) is 75.0 cm³/mol. The molecule has 108 valence electrons. The van der Waals surface area contributed by atoms with Crippen LogP contribution in [0.3, 0.4) is 0 Å². The lowest BCUT2D eigenvalue weighted by Gasteiger charge is -2.01. The molecule has 0 aromatic carbocycles. The smallest absolute Gasteiger partial charge is 0.360 e. The van der Waals surface area contributed by atoms with Crippen molar-refractivity contribution in [2.45, 2.75) is 6.61 Å². The van der Waals surface area contributed by atoms with Gasteiger partial charge < -0.3 is 15.3 Å². The van der Waals surface area contributed by atoms with Gasteiger partial charge in [0, 0.05) is 17.8 Å². The SMILES string of the molecule is O=CNc1nc(/C(=N\OCc2ccncc2)C(=O)O)cs1. The first-order chi connectivity index (χ1) is 10.2. The van der Waals surface area contributed by atoms with E-state index in [4.69, 9.17) is 9.94 Å². The second-order valence-electron chi connectivity index (χ2n) is 3.67. The fourth-order valence-corrected chi connectivity index (χ4v) is 2.00. The molecule has 0 atom stereocenters. The van der Waals surface area contributed by atoms with Crippen molar-refractivity contribution in [3.63, 3.8) is 0 Å². The Kier molecular flexibility index (Phi) is 4.94. The van der Waals surface area contributed by atoms with Crippen molar-refractivity contribution < 1.29 is 19.5 Å². The highest BCUT2D eigenvalue weighted by Crippen LogP contribution is 2.15. The first-order valence-electron chi connectivity index (χ1n) is 5.69. The molecule has 0 saturated heterocycles.